The van der Waals surface area contributed by atoms with E-state index in [1.807, 2.05) is 29.2 Å². The van der Waals surface area contributed by atoms with E-state index in [-0.39, 0.29) is 17.7 Å². The van der Waals surface area contributed by atoms with E-state index in [0.717, 1.165) is 45.6 Å². The summed E-state index contributed by atoms with van der Waals surface area (Å²) in [6, 6.07) is 20.7. The summed E-state index contributed by atoms with van der Waals surface area (Å²) in [4.78, 5) is 29.6. The first-order valence-corrected chi connectivity index (χ1v) is 11.6. The molecule has 2 aliphatic carbocycles. The lowest BCUT2D eigenvalue weighted by molar-refractivity contribution is -0.134. The Morgan fingerprint density at radius 1 is 0.774 bits per heavy atom. The molecule has 3 fully saturated rings. The van der Waals surface area contributed by atoms with Crippen molar-refractivity contribution in [1.29, 1.82) is 0 Å². The molecule has 1 N–H and O–H groups in total. The fourth-order valence-corrected chi connectivity index (χ4v) is 4.98. The van der Waals surface area contributed by atoms with Crippen LogP contribution in [0.2, 0.25) is 0 Å². The Labute approximate surface area is 184 Å². The molecule has 3 aliphatic rings. The molecule has 0 bridgehead atoms. The fraction of sp³-hybridized carbons (Fsp3) is 0.462. The molecule has 0 aromatic heterocycles. The monoisotopic (exact) mass is 417 g/mol. The van der Waals surface area contributed by atoms with E-state index >= 15 is 0 Å². The molecule has 2 aromatic carbocycles. The van der Waals surface area contributed by atoms with Crippen LogP contribution < -0.4 is 5.32 Å². The maximum atomic E-state index is 12.8. The van der Waals surface area contributed by atoms with Crippen molar-refractivity contribution in [3.8, 4) is 0 Å². The molecular weight excluding hydrogens is 386 g/mol. The second kappa shape index (κ2) is 8.83. The summed E-state index contributed by atoms with van der Waals surface area (Å²) in [7, 11) is 0. The summed E-state index contributed by atoms with van der Waals surface area (Å²) < 4.78 is 0. The maximum absolute atomic E-state index is 12.8. The van der Waals surface area contributed by atoms with E-state index in [1.165, 1.54) is 11.1 Å². The van der Waals surface area contributed by atoms with E-state index in [9.17, 15) is 9.59 Å². The summed E-state index contributed by atoms with van der Waals surface area (Å²) in [6.07, 6.45) is 1.95. The molecule has 5 nitrogen and oxygen atoms in total. The standard InChI is InChI=1S/C26H31N3O2/c30-25(23-17-21(23)19-7-3-1-4-8-19)27-11-12-28-13-15-29(16-14-28)26(31)24-18-22(24)20-9-5-2-6-10-20/h1-10,21-24H,11-18H2,(H,27,30)/t21-,22+,23+,24+/m0/s1. The Kier molecular flexibility index (Phi) is 5.77. The van der Waals surface area contributed by atoms with Gasteiger partial charge in [-0.25, -0.2) is 0 Å². The van der Waals surface area contributed by atoms with Crippen LogP contribution in [0.4, 0.5) is 0 Å². The molecule has 0 radical (unpaired) electrons. The molecule has 2 saturated carbocycles. The third kappa shape index (κ3) is 4.67. The highest BCUT2D eigenvalue weighted by Gasteiger charge is 2.46. The van der Waals surface area contributed by atoms with Crippen LogP contribution in [0.3, 0.4) is 0 Å². The van der Waals surface area contributed by atoms with Gasteiger partial charge in [0.25, 0.3) is 0 Å². The van der Waals surface area contributed by atoms with Crippen LogP contribution in [0, 0.1) is 11.8 Å². The van der Waals surface area contributed by atoms with Gasteiger partial charge >= 0.3 is 0 Å². The first-order chi connectivity index (χ1) is 15.2. The van der Waals surface area contributed by atoms with Gasteiger partial charge in [0.15, 0.2) is 0 Å². The lowest BCUT2D eigenvalue weighted by Crippen LogP contribution is -2.50. The topological polar surface area (TPSA) is 52.7 Å². The third-order valence-corrected chi connectivity index (χ3v) is 7.10. The van der Waals surface area contributed by atoms with Crippen LogP contribution in [0.1, 0.15) is 35.8 Å². The normalized spacial score (nSPS) is 27.5. The Morgan fingerprint density at radius 3 is 1.94 bits per heavy atom. The van der Waals surface area contributed by atoms with Gasteiger partial charge < -0.3 is 10.2 Å². The Hall–Kier alpha value is -2.66. The average Bonchev–Trinajstić information content (AvgIpc) is 3.74. The number of benzene rings is 2. The predicted octanol–water partition coefficient (Wildman–Crippen LogP) is 2.85. The van der Waals surface area contributed by atoms with Crippen LogP contribution in [-0.2, 0) is 9.59 Å². The quantitative estimate of drug-likeness (QED) is 0.754. The number of rotatable bonds is 7. The van der Waals surface area contributed by atoms with Crippen molar-refractivity contribution in [2.45, 2.75) is 24.7 Å². The largest absolute Gasteiger partial charge is 0.355 e. The van der Waals surface area contributed by atoms with Crippen LogP contribution in [0.5, 0.6) is 0 Å². The minimum absolute atomic E-state index is 0.132. The number of piperazine rings is 1. The second-order valence-corrected chi connectivity index (χ2v) is 9.18. The Bertz CT molecular complexity index is 906. The van der Waals surface area contributed by atoms with Crippen molar-refractivity contribution in [2.75, 3.05) is 39.3 Å². The zero-order valence-electron chi connectivity index (χ0n) is 18.0. The van der Waals surface area contributed by atoms with E-state index < -0.39 is 0 Å². The molecule has 1 aliphatic heterocycles. The molecule has 1 saturated heterocycles. The van der Waals surface area contributed by atoms with E-state index in [0.29, 0.717) is 24.3 Å². The fourth-order valence-electron chi connectivity index (χ4n) is 4.98. The van der Waals surface area contributed by atoms with Crippen LogP contribution >= 0.6 is 0 Å². The predicted molar refractivity (Wildman–Crippen MR) is 121 cm³/mol. The minimum Gasteiger partial charge on any atom is -0.355 e. The number of nitrogens with zero attached hydrogens (tertiary/aromatic N) is 2. The summed E-state index contributed by atoms with van der Waals surface area (Å²) in [5.41, 5.74) is 2.56. The van der Waals surface area contributed by atoms with E-state index in [4.69, 9.17) is 0 Å². The van der Waals surface area contributed by atoms with Gasteiger partial charge in [-0.05, 0) is 35.8 Å². The lowest BCUT2D eigenvalue weighted by Gasteiger charge is -2.35. The number of carbonyl (C=O) groups excluding carboxylic acids is 2. The van der Waals surface area contributed by atoms with Crippen molar-refractivity contribution in [2.24, 2.45) is 11.8 Å². The van der Waals surface area contributed by atoms with Gasteiger partial charge in [-0.1, -0.05) is 60.7 Å². The molecule has 4 atom stereocenters. The molecule has 2 aromatic rings. The van der Waals surface area contributed by atoms with Crippen LogP contribution in [-0.4, -0.2) is 60.9 Å². The maximum Gasteiger partial charge on any atom is 0.226 e. The van der Waals surface area contributed by atoms with Gasteiger partial charge in [-0.2, -0.15) is 0 Å². The van der Waals surface area contributed by atoms with Crippen LogP contribution in [0.15, 0.2) is 60.7 Å². The highest BCUT2D eigenvalue weighted by atomic mass is 16.2. The molecule has 162 valence electrons. The zero-order valence-corrected chi connectivity index (χ0v) is 18.0. The number of amides is 2. The molecule has 2 amide bonds. The van der Waals surface area contributed by atoms with Crippen molar-refractivity contribution in [1.82, 2.24) is 15.1 Å². The zero-order chi connectivity index (χ0) is 21.2. The first kappa shape index (κ1) is 20.3. The molecule has 0 spiro atoms. The first-order valence-electron chi connectivity index (χ1n) is 11.6. The van der Waals surface area contributed by atoms with Gasteiger partial charge in [0.2, 0.25) is 11.8 Å². The highest BCUT2D eigenvalue weighted by molar-refractivity contribution is 5.83. The van der Waals surface area contributed by atoms with Gasteiger partial charge in [0.1, 0.15) is 0 Å². The smallest absolute Gasteiger partial charge is 0.226 e. The Balaban J connectivity index is 0.998. The number of carbonyl (C=O) groups is 2. The van der Waals surface area contributed by atoms with Crippen molar-refractivity contribution >= 4 is 11.8 Å². The average molecular weight is 418 g/mol. The summed E-state index contributed by atoms with van der Waals surface area (Å²) in [5.74, 6) is 1.60. The van der Waals surface area contributed by atoms with E-state index in [2.05, 4.69) is 46.6 Å². The summed E-state index contributed by atoms with van der Waals surface area (Å²) >= 11 is 0. The number of hydrogen-bond acceptors (Lipinski definition) is 3. The SMILES string of the molecule is O=C(NCCN1CCN(C(=O)[C@@H]2C[C@@H]2c2ccccc2)CC1)[C@@H]1C[C@H]1c1ccccc1. The Morgan fingerprint density at radius 2 is 1.32 bits per heavy atom. The molecular formula is C26H31N3O2. The molecule has 0 unspecified atom stereocenters. The van der Waals surface area contributed by atoms with Crippen molar-refractivity contribution in [3.63, 3.8) is 0 Å². The lowest BCUT2D eigenvalue weighted by atomic mass is 10.1. The van der Waals surface area contributed by atoms with Crippen LogP contribution in [0.25, 0.3) is 0 Å². The summed E-state index contributed by atoms with van der Waals surface area (Å²) in [6.45, 7) is 4.91. The molecule has 5 heteroatoms. The molecule has 31 heavy (non-hydrogen) atoms. The van der Waals surface area contributed by atoms with E-state index in [1.54, 1.807) is 0 Å². The molecule has 5 rings (SSSR count). The number of nitrogens with one attached hydrogen (secondary N) is 1. The second-order valence-electron chi connectivity index (χ2n) is 9.18. The van der Waals surface area contributed by atoms with Gasteiger partial charge in [0.05, 0.1) is 0 Å². The minimum atomic E-state index is 0.132. The summed E-state index contributed by atoms with van der Waals surface area (Å²) in [5, 5.41) is 3.12. The molecule has 1 heterocycles. The van der Waals surface area contributed by atoms with Crippen molar-refractivity contribution in [3.05, 3.63) is 71.8 Å². The van der Waals surface area contributed by atoms with Gasteiger partial charge in [0, 0.05) is 51.1 Å². The third-order valence-electron chi connectivity index (χ3n) is 7.10. The highest BCUT2D eigenvalue weighted by Crippen LogP contribution is 2.48. The van der Waals surface area contributed by atoms with Crippen molar-refractivity contribution < 1.29 is 9.59 Å². The number of hydrogen-bond donors (Lipinski definition) is 1. The van der Waals surface area contributed by atoms with Gasteiger partial charge in [-0.15, -0.1) is 0 Å². The van der Waals surface area contributed by atoms with Gasteiger partial charge in [-0.3, -0.25) is 14.5 Å².